The highest BCUT2D eigenvalue weighted by atomic mass is 19.1. The molecule has 1 fully saturated rings. The highest BCUT2D eigenvalue weighted by molar-refractivity contribution is 5.95. The van der Waals surface area contributed by atoms with Gasteiger partial charge in [-0.3, -0.25) is 9.69 Å². The molecule has 164 valence electrons. The van der Waals surface area contributed by atoms with Gasteiger partial charge in [0.25, 0.3) is 0 Å². The maximum atomic E-state index is 13.0. The Balaban J connectivity index is 1.16. The molecule has 2 heterocycles. The Kier molecular flexibility index (Phi) is 7.06. The molecule has 4 rings (SSSR count). The second-order valence-electron chi connectivity index (χ2n) is 8.22. The lowest BCUT2D eigenvalue weighted by atomic mass is 10.1. The lowest BCUT2D eigenvalue weighted by Crippen LogP contribution is -2.49. The van der Waals surface area contributed by atoms with E-state index in [0.29, 0.717) is 25.1 Å². The first-order valence-corrected chi connectivity index (χ1v) is 10.9. The van der Waals surface area contributed by atoms with Crippen molar-refractivity contribution in [2.24, 2.45) is 0 Å². The predicted octanol–water partition coefficient (Wildman–Crippen LogP) is 2.82. The summed E-state index contributed by atoms with van der Waals surface area (Å²) in [6.07, 6.45) is 2.62. The van der Waals surface area contributed by atoms with E-state index in [9.17, 15) is 14.3 Å². The van der Waals surface area contributed by atoms with Crippen LogP contribution in [-0.2, 0) is 6.54 Å². The minimum Gasteiger partial charge on any atom is -0.390 e. The molecule has 1 aliphatic heterocycles. The molecule has 0 spiro atoms. The molecule has 31 heavy (non-hydrogen) atoms. The second-order valence-corrected chi connectivity index (χ2v) is 8.22. The molecule has 0 aliphatic carbocycles. The third-order valence-corrected chi connectivity index (χ3v) is 5.91. The number of rotatable bonds is 9. The van der Waals surface area contributed by atoms with E-state index in [0.717, 1.165) is 50.2 Å². The Morgan fingerprint density at radius 1 is 1.00 bits per heavy atom. The van der Waals surface area contributed by atoms with Crippen LogP contribution in [0.5, 0.6) is 0 Å². The number of β-amino-alcohol motifs (C(OH)–C–C–N with tert-alkyl or cyclic N) is 1. The van der Waals surface area contributed by atoms with Gasteiger partial charge >= 0.3 is 0 Å². The third kappa shape index (κ3) is 5.76. The quantitative estimate of drug-likeness (QED) is 0.536. The van der Waals surface area contributed by atoms with Crippen LogP contribution in [0.2, 0.25) is 0 Å². The van der Waals surface area contributed by atoms with Crippen LogP contribution < -0.4 is 0 Å². The fraction of sp³-hybridized carbons (Fsp3) is 0.417. The van der Waals surface area contributed by atoms with Gasteiger partial charge in [-0.2, -0.15) is 0 Å². The third-order valence-electron chi connectivity index (χ3n) is 5.91. The Morgan fingerprint density at radius 3 is 2.48 bits per heavy atom. The monoisotopic (exact) mass is 424 g/mol. The van der Waals surface area contributed by atoms with E-state index >= 15 is 0 Å². The molecule has 1 aromatic heterocycles. The number of hydrogen-bond acceptors (Lipinski definition) is 5. The van der Waals surface area contributed by atoms with Crippen LogP contribution in [0.15, 0.2) is 54.9 Å². The van der Waals surface area contributed by atoms with Crippen LogP contribution in [-0.4, -0.2) is 75.6 Å². The zero-order valence-electron chi connectivity index (χ0n) is 17.7. The van der Waals surface area contributed by atoms with E-state index in [4.69, 9.17) is 0 Å². The fourth-order valence-corrected chi connectivity index (χ4v) is 4.18. The summed E-state index contributed by atoms with van der Waals surface area (Å²) in [5.74, 6) is -0.258. The number of benzene rings is 2. The van der Waals surface area contributed by atoms with Crippen molar-refractivity contribution in [1.29, 1.82) is 0 Å². The number of piperazine rings is 1. The van der Waals surface area contributed by atoms with E-state index in [1.807, 2.05) is 28.8 Å². The number of para-hydroxylation sites is 2. The van der Waals surface area contributed by atoms with Gasteiger partial charge in [-0.05, 0) is 49.4 Å². The number of carbonyl (C=O) groups excluding carboxylic acids is 1. The van der Waals surface area contributed by atoms with Gasteiger partial charge < -0.3 is 14.6 Å². The summed E-state index contributed by atoms with van der Waals surface area (Å²) in [7, 11) is 0. The molecule has 1 saturated heterocycles. The second kappa shape index (κ2) is 10.1. The van der Waals surface area contributed by atoms with Gasteiger partial charge in [0.1, 0.15) is 5.82 Å². The van der Waals surface area contributed by atoms with Crippen molar-refractivity contribution in [2.75, 3.05) is 39.3 Å². The van der Waals surface area contributed by atoms with Crippen molar-refractivity contribution in [3.8, 4) is 0 Å². The number of hydrogen-bond donors (Lipinski definition) is 1. The van der Waals surface area contributed by atoms with E-state index in [1.165, 1.54) is 12.1 Å². The molecule has 1 aliphatic rings. The van der Waals surface area contributed by atoms with E-state index in [1.54, 1.807) is 18.5 Å². The van der Waals surface area contributed by atoms with Crippen molar-refractivity contribution < 1.29 is 14.3 Å². The maximum Gasteiger partial charge on any atom is 0.162 e. The molecule has 0 radical (unpaired) electrons. The summed E-state index contributed by atoms with van der Waals surface area (Å²) in [6, 6.07) is 13.7. The smallest absolute Gasteiger partial charge is 0.162 e. The first-order chi connectivity index (χ1) is 15.1. The molecule has 6 nitrogen and oxygen atoms in total. The first kappa shape index (κ1) is 21.6. The van der Waals surface area contributed by atoms with Crippen LogP contribution in [0.4, 0.5) is 4.39 Å². The zero-order valence-corrected chi connectivity index (χ0v) is 17.7. The molecule has 0 saturated carbocycles. The molecule has 2 aromatic carbocycles. The number of aromatic nitrogens is 2. The molecular formula is C24H29FN4O2. The van der Waals surface area contributed by atoms with E-state index in [-0.39, 0.29) is 11.6 Å². The van der Waals surface area contributed by atoms with Crippen LogP contribution in [0.3, 0.4) is 0 Å². The predicted molar refractivity (Wildman–Crippen MR) is 119 cm³/mol. The number of carbonyl (C=O) groups is 1. The van der Waals surface area contributed by atoms with E-state index < -0.39 is 6.10 Å². The Hall–Kier alpha value is -2.61. The Morgan fingerprint density at radius 2 is 1.71 bits per heavy atom. The largest absolute Gasteiger partial charge is 0.390 e. The van der Waals surface area contributed by atoms with Crippen LogP contribution in [0.25, 0.3) is 11.0 Å². The van der Waals surface area contributed by atoms with Gasteiger partial charge in [-0.25, -0.2) is 9.37 Å². The van der Waals surface area contributed by atoms with Gasteiger partial charge in [-0.1, -0.05) is 12.1 Å². The normalized spacial score (nSPS) is 16.6. The summed E-state index contributed by atoms with van der Waals surface area (Å²) >= 11 is 0. The standard InChI is InChI=1S/C24H29FN4O2/c25-20-9-7-19(8-10-20)24(31)6-3-11-27-12-14-28(15-13-27)16-21(30)17-29-18-26-22-4-1-2-5-23(22)29/h1-2,4-5,7-10,18,21,30H,3,6,11-17H2. The van der Waals surface area contributed by atoms with Gasteiger partial charge in [0.05, 0.1) is 30.0 Å². The van der Waals surface area contributed by atoms with Crippen LogP contribution in [0.1, 0.15) is 23.2 Å². The van der Waals surface area contributed by atoms with Crippen molar-refractivity contribution in [2.45, 2.75) is 25.5 Å². The van der Waals surface area contributed by atoms with Gasteiger partial charge in [0.2, 0.25) is 0 Å². The minimum atomic E-state index is -0.447. The first-order valence-electron chi connectivity index (χ1n) is 10.9. The van der Waals surface area contributed by atoms with Gasteiger partial charge in [-0.15, -0.1) is 0 Å². The number of aliphatic hydroxyl groups excluding tert-OH is 1. The van der Waals surface area contributed by atoms with Crippen molar-refractivity contribution in [1.82, 2.24) is 19.4 Å². The van der Waals surface area contributed by atoms with Gasteiger partial charge in [0, 0.05) is 44.7 Å². The molecule has 7 heteroatoms. The highest BCUT2D eigenvalue weighted by Gasteiger charge is 2.20. The minimum absolute atomic E-state index is 0.0637. The maximum absolute atomic E-state index is 13.0. The molecule has 0 bridgehead atoms. The summed E-state index contributed by atoms with van der Waals surface area (Å²) in [5, 5.41) is 10.6. The molecular weight excluding hydrogens is 395 g/mol. The topological polar surface area (TPSA) is 61.6 Å². The average Bonchev–Trinajstić information content (AvgIpc) is 3.18. The SMILES string of the molecule is O=C(CCCN1CCN(CC(O)Cn2cnc3ccccc32)CC1)c1ccc(F)cc1. The van der Waals surface area contributed by atoms with E-state index in [2.05, 4.69) is 14.8 Å². The van der Waals surface area contributed by atoms with Crippen molar-refractivity contribution in [3.05, 3.63) is 66.2 Å². The number of halogens is 1. The molecule has 3 aromatic rings. The number of Topliss-reactive ketones (excluding diaryl/α,β-unsaturated/α-hetero) is 1. The lowest BCUT2D eigenvalue weighted by Gasteiger charge is -2.35. The number of aliphatic hydroxyl groups is 1. The average molecular weight is 425 g/mol. The summed E-state index contributed by atoms with van der Waals surface area (Å²) in [6.45, 7) is 5.75. The zero-order chi connectivity index (χ0) is 21.6. The number of fused-ring (bicyclic) bond motifs is 1. The molecule has 1 N–H and O–H groups in total. The van der Waals surface area contributed by atoms with Crippen molar-refractivity contribution in [3.63, 3.8) is 0 Å². The fourth-order valence-electron chi connectivity index (χ4n) is 4.18. The molecule has 0 amide bonds. The highest BCUT2D eigenvalue weighted by Crippen LogP contribution is 2.13. The molecule has 1 atom stereocenters. The summed E-state index contributed by atoms with van der Waals surface area (Å²) in [4.78, 5) is 21.2. The number of ketones is 1. The summed E-state index contributed by atoms with van der Waals surface area (Å²) in [5.41, 5.74) is 2.56. The van der Waals surface area contributed by atoms with Crippen LogP contribution in [0, 0.1) is 5.82 Å². The summed E-state index contributed by atoms with van der Waals surface area (Å²) < 4.78 is 15.0. The Bertz CT molecular complexity index is 996. The van der Waals surface area contributed by atoms with Crippen LogP contribution >= 0.6 is 0 Å². The van der Waals surface area contributed by atoms with Gasteiger partial charge in [0.15, 0.2) is 5.78 Å². The number of nitrogens with zero attached hydrogens (tertiary/aromatic N) is 4. The Labute approximate surface area is 181 Å². The molecule has 1 unspecified atom stereocenters. The van der Waals surface area contributed by atoms with Crippen molar-refractivity contribution >= 4 is 16.8 Å². The number of imidazole rings is 1. The lowest BCUT2D eigenvalue weighted by molar-refractivity contribution is 0.0640.